The molecule has 1 atom stereocenters. The number of para-hydroxylation sites is 1. The van der Waals surface area contributed by atoms with Crippen LogP contribution in [0.3, 0.4) is 0 Å². The van der Waals surface area contributed by atoms with Gasteiger partial charge in [0.25, 0.3) is 5.56 Å². The highest BCUT2D eigenvalue weighted by Gasteiger charge is 2.35. The van der Waals surface area contributed by atoms with Gasteiger partial charge in [0.2, 0.25) is 0 Å². The molecular weight excluding hydrogens is 635 g/mol. The van der Waals surface area contributed by atoms with E-state index >= 15 is 0 Å². The van der Waals surface area contributed by atoms with Crippen LogP contribution >= 0.6 is 11.3 Å². The molecule has 244 valence electrons. The number of ether oxygens (including phenoxy) is 2. The molecule has 3 heterocycles. The second kappa shape index (κ2) is 13.7. The molecule has 6 aromatic rings. The van der Waals surface area contributed by atoms with Crippen LogP contribution in [0.15, 0.2) is 131 Å². The molecule has 9 heteroatoms. The van der Waals surface area contributed by atoms with Crippen molar-refractivity contribution < 1.29 is 19.1 Å². The van der Waals surface area contributed by atoms with Gasteiger partial charge in [0.05, 0.1) is 40.6 Å². The molecule has 0 unspecified atom stereocenters. The maximum Gasteiger partial charge on any atom is 0.338 e. The van der Waals surface area contributed by atoms with E-state index in [0.29, 0.717) is 39.3 Å². The Morgan fingerprint density at radius 1 is 0.816 bits per heavy atom. The minimum Gasteiger partial charge on any atom is -0.463 e. The fraction of sp³-hybridized carbons (Fsp3) is 0.150. The molecule has 0 radical (unpaired) electrons. The van der Waals surface area contributed by atoms with E-state index in [0.717, 1.165) is 33.2 Å². The molecule has 49 heavy (non-hydrogen) atoms. The Morgan fingerprint density at radius 3 is 2.18 bits per heavy atom. The second-order valence-corrected chi connectivity index (χ2v) is 12.5. The lowest BCUT2D eigenvalue weighted by Gasteiger charge is -2.25. The number of aromatic nitrogens is 2. The SMILES string of the molecule is CCOC(=O)C1=C(c2ccccc2)N=c2s/c(=C\c3cn(Cc4ccc(C(=O)OCC)cc4)c4ccccc34)c(=O)n2[C@@H]1c1ccccc1. The van der Waals surface area contributed by atoms with Crippen molar-refractivity contribution >= 4 is 46.0 Å². The molecule has 0 fully saturated rings. The van der Waals surface area contributed by atoms with Gasteiger partial charge < -0.3 is 14.0 Å². The molecule has 1 aliphatic heterocycles. The fourth-order valence-corrected chi connectivity index (χ4v) is 7.20. The van der Waals surface area contributed by atoms with Gasteiger partial charge in [-0.3, -0.25) is 9.36 Å². The predicted molar refractivity (Wildman–Crippen MR) is 191 cm³/mol. The van der Waals surface area contributed by atoms with E-state index in [1.807, 2.05) is 103 Å². The van der Waals surface area contributed by atoms with Crippen LogP contribution in [0, 0.1) is 0 Å². The van der Waals surface area contributed by atoms with Gasteiger partial charge in [-0.15, -0.1) is 0 Å². The number of benzene rings is 4. The molecule has 0 saturated heterocycles. The number of carbonyl (C=O) groups excluding carboxylic acids is 2. The summed E-state index contributed by atoms with van der Waals surface area (Å²) in [5.41, 5.74) is 5.54. The van der Waals surface area contributed by atoms with E-state index in [1.54, 1.807) is 30.5 Å². The van der Waals surface area contributed by atoms with E-state index in [4.69, 9.17) is 14.5 Å². The molecule has 0 spiro atoms. The highest BCUT2D eigenvalue weighted by atomic mass is 32.1. The first-order valence-electron chi connectivity index (χ1n) is 16.1. The summed E-state index contributed by atoms with van der Waals surface area (Å²) in [7, 11) is 0. The van der Waals surface area contributed by atoms with Crippen molar-refractivity contribution in [1.29, 1.82) is 0 Å². The number of carbonyl (C=O) groups is 2. The summed E-state index contributed by atoms with van der Waals surface area (Å²) < 4.78 is 14.9. The van der Waals surface area contributed by atoms with Crippen LogP contribution in [0.2, 0.25) is 0 Å². The normalized spacial score (nSPS) is 14.4. The van der Waals surface area contributed by atoms with Crippen molar-refractivity contribution in [2.75, 3.05) is 13.2 Å². The number of hydrogen-bond donors (Lipinski definition) is 0. The Bertz CT molecular complexity index is 2390. The minimum absolute atomic E-state index is 0.190. The molecular formula is C40H33N3O5S. The van der Waals surface area contributed by atoms with E-state index < -0.39 is 12.0 Å². The van der Waals surface area contributed by atoms with Crippen LogP contribution in [0.25, 0.3) is 22.7 Å². The smallest absolute Gasteiger partial charge is 0.338 e. The van der Waals surface area contributed by atoms with Crippen molar-refractivity contribution in [2.24, 2.45) is 4.99 Å². The van der Waals surface area contributed by atoms with Gasteiger partial charge in [-0.1, -0.05) is 102 Å². The van der Waals surface area contributed by atoms with Gasteiger partial charge in [0.15, 0.2) is 4.80 Å². The first kappa shape index (κ1) is 31.8. The molecule has 0 N–H and O–H groups in total. The maximum absolute atomic E-state index is 14.4. The molecule has 1 aliphatic rings. The zero-order chi connectivity index (χ0) is 33.9. The summed E-state index contributed by atoms with van der Waals surface area (Å²) in [6, 6.07) is 33.8. The highest BCUT2D eigenvalue weighted by Crippen LogP contribution is 2.35. The molecule has 8 nitrogen and oxygen atoms in total. The predicted octanol–water partition coefficient (Wildman–Crippen LogP) is 6.12. The molecule has 7 rings (SSSR count). The second-order valence-electron chi connectivity index (χ2n) is 11.5. The number of esters is 2. The minimum atomic E-state index is -0.729. The monoisotopic (exact) mass is 667 g/mol. The highest BCUT2D eigenvalue weighted by molar-refractivity contribution is 7.07. The quantitative estimate of drug-likeness (QED) is 0.174. The first-order valence-corrected chi connectivity index (χ1v) is 17.0. The Morgan fingerprint density at radius 2 is 1.47 bits per heavy atom. The summed E-state index contributed by atoms with van der Waals surface area (Å²) in [5, 5.41) is 0.994. The van der Waals surface area contributed by atoms with E-state index in [2.05, 4.69) is 10.6 Å². The molecule has 0 saturated carbocycles. The van der Waals surface area contributed by atoms with Crippen LogP contribution in [-0.2, 0) is 20.8 Å². The Hall–Kier alpha value is -5.80. The fourth-order valence-electron chi connectivity index (χ4n) is 6.21. The number of hydrogen-bond acceptors (Lipinski definition) is 7. The van der Waals surface area contributed by atoms with Crippen LogP contribution in [-0.4, -0.2) is 34.3 Å². The van der Waals surface area contributed by atoms with Gasteiger partial charge in [-0.25, -0.2) is 14.6 Å². The first-order chi connectivity index (χ1) is 24.0. The standard InChI is InChI=1S/C40H33N3O5S/c1-3-47-38(45)29-21-19-26(20-22-29)24-42-25-30(31-17-11-12-18-32(31)42)23-33-37(44)43-36(28-15-9-6-10-16-28)34(39(46)48-4-2)35(41-40(43)49-33)27-13-7-5-8-14-27/h5-23,25,36H,3-4,24H2,1-2H3/b33-23-/t36-/m1/s1. The molecule has 0 aliphatic carbocycles. The van der Waals surface area contributed by atoms with Gasteiger partial charge >= 0.3 is 11.9 Å². The third-order valence-corrected chi connectivity index (χ3v) is 9.40. The topological polar surface area (TPSA) is 91.9 Å². The Labute approximate surface area is 286 Å². The number of fused-ring (bicyclic) bond motifs is 2. The molecule has 2 aromatic heterocycles. The Balaban J connectivity index is 1.37. The van der Waals surface area contributed by atoms with Crippen molar-refractivity contribution in [2.45, 2.75) is 26.4 Å². The van der Waals surface area contributed by atoms with Crippen molar-refractivity contribution in [1.82, 2.24) is 9.13 Å². The van der Waals surface area contributed by atoms with Crippen LogP contribution in [0.4, 0.5) is 0 Å². The van der Waals surface area contributed by atoms with Gasteiger partial charge in [-0.05, 0) is 49.2 Å². The van der Waals surface area contributed by atoms with Gasteiger partial charge in [-0.2, -0.15) is 0 Å². The van der Waals surface area contributed by atoms with Crippen molar-refractivity contribution in [3.63, 3.8) is 0 Å². The third-order valence-electron chi connectivity index (χ3n) is 8.41. The lowest BCUT2D eigenvalue weighted by atomic mass is 9.93. The molecule has 0 bridgehead atoms. The van der Waals surface area contributed by atoms with Crippen LogP contribution in [0.1, 0.15) is 52.5 Å². The van der Waals surface area contributed by atoms with Crippen LogP contribution < -0.4 is 14.9 Å². The van der Waals surface area contributed by atoms with E-state index in [9.17, 15) is 14.4 Å². The third kappa shape index (κ3) is 6.16. The summed E-state index contributed by atoms with van der Waals surface area (Å²) in [4.78, 5) is 45.7. The zero-order valence-electron chi connectivity index (χ0n) is 27.0. The van der Waals surface area contributed by atoms with Crippen molar-refractivity contribution in [3.8, 4) is 0 Å². The number of rotatable bonds is 9. The zero-order valence-corrected chi connectivity index (χ0v) is 27.9. The summed E-state index contributed by atoms with van der Waals surface area (Å²) in [6.45, 7) is 4.63. The van der Waals surface area contributed by atoms with Crippen molar-refractivity contribution in [3.05, 3.63) is 168 Å². The largest absolute Gasteiger partial charge is 0.463 e. The molecule has 0 amide bonds. The maximum atomic E-state index is 14.4. The van der Waals surface area contributed by atoms with Gasteiger partial charge in [0, 0.05) is 34.8 Å². The summed E-state index contributed by atoms with van der Waals surface area (Å²) in [5.74, 6) is -0.851. The number of thiazole rings is 1. The van der Waals surface area contributed by atoms with E-state index in [1.165, 1.54) is 11.3 Å². The Kier molecular flexibility index (Phi) is 8.91. The lowest BCUT2D eigenvalue weighted by Crippen LogP contribution is -2.39. The van der Waals surface area contributed by atoms with Crippen LogP contribution in [0.5, 0.6) is 0 Å². The average molecular weight is 668 g/mol. The summed E-state index contributed by atoms with van der Waals surface area (Å²) >= 11 is 1.30. The van der Waals surface area contributed by atoms with E-state index in [-0.39, 0.29) is 18.1 Å². The molecule has 4 aromatic carbocycles. The average Bonchev–Trinajstić information content (AvgIpc) is 3.64. The summed E-state index contributed by atoms with van der Waals surface area (Å²) in [6.07, 6.45) is 3.95. The van der Waals surface area contributed by atoms with Gasteiger partial charge in [0.1, 0.15) is 0 Å². The number of nitrogens with zero attached hydrogens (tertiary/aromatic N) is 3. The lowest BCUT2D eigenvalue weighted by molar-refractivity contribution is -0.138.